The van der Waals surface area contributed by atoms with Crippen molar-refractivity contribution in [2.45, 2.75) is 0 Å². The molecule has 19 heavy (non-hydrogen) atoms. The van der Waals surface area contributed by atoms with Crippen LogP contribution in [0.5, 0.6) is 0 Å². The largest absolute Gasteiger partial charge is 0.270 e. The van der Waals surface area contributed by atoms with Crippen LogP contribution in [0.25, 0.3) is 20.2 Å². The molecule has 94 valence electrons. The number of thiophene rings is 1. The van der Waals surface area contributed by atoms with E-state index in [-0.39, 0.29) is 11.4 Å². The van der Waals surface area contributed by atoms with Gasteiger partial charge in [-0.25, -0.2) is 0 Å². The van der Waals surface area contributed by atoms with Gasteiger partial charge in [0.05, 0.1) is 9.85 Å². The maximum Gasteiger partial charge on any atom is 0.270 e. The summed E-state index contributed by atoms with van der Waals surface area (Å²) < 4.78 is 1.75. The number of hydrogen-bond donors (Lipinski definition) is 0. The molecular formula is C12H6N2O4S. The van der Waals surface area contributed by atoms with Crippen molar-refractivity contribution in [1.82, 2.24) is 0 Å². The molecule has 0 amide bonds. The highest BCUT2D eigenvalue weighted by Crippen LogP contribution is 2.37. The Morgan fingerprint density at radius 2 is 1.21 bits per heavy atom. The first-order chi connectivity index (χ1) is 9.06. The van der Waals surface area contributed by atoms with Gasteiger partial charge in [0.25, 0.3) is 11.4 Å². The molecule has 7 heteroatoms. The lowest BCUT2D eigenvalue weighted by molar-refractivity contribution is -0.385. The van der Waals surface area contributed by atoms with Crippen LogP contribution in [0, 0.1) is 20.2 Å². The summed E-state index contributed by atoms with van der Waals surface area (Å²) in [6.07, 6.45) is 0. The number of non-ortho nitro benzene ring substituents is 2. The van der Waals surface area contributed by atoms with Crippen LogP contribution in [0.2, 0.25) is 0 Å². The highest BCUT2D eigenvalue weighted by molar-refractivity contribution is 7.25. The molecule has 0 N–H and O–H groups in total. The topological polar surface area (TPSA) is 86.3 Å². The number of hydrogen-bond acceptors (Lipinski definition) is 5. The summed E-state index contributed by atoms with van der Waals surface area (Å²) in [5.74, 6) is 0. The van der Waals surface area contributed by atoms with Crippen LogP contribution in [-0.4, -0.2) is 9.85 Å². The van der Waals surface area contributed by atoms with Crippen molar-refractivity contribution in [2.24, 2.45) is 0 Å². The van der Waals surface area contributed by atoms with Crippen LogP contribution in [-0.2, 0) is 0 Å². The Hall–Kier alpha value is -2.54. The van der Waals surface area contributed by atoms with Gasteiger partial charge in [0, 0.05) is 44.4 Å². The van der Waals surface area contributed by atoms with Gasteiger partial charge in [-0.3, -0.25) is 20.2 Å². The minimum Gasteiger partial charge on any atom is -0.258 e. The van der Waals surface area contributed by atoms with Crippen molar-refractivity contribution in [3.8, 4) is 0 Å². The predicted octanol–water partition coefficient (Wildman–Crippen LogP) is 3.87. The molecule has 6 nitrogen and oxygen atoms in total. The summed E-state index contributed by atoms with van der Waals surface area (Å²) in [7, 11) is 0. The molecule has 3 aromatic rings. The molecule has 0 saturated heterocycles. The third-order valence-corrected chi connectivity index (χ3v) is 4.01. The first-order valence-electron chi connectivity index (χ1n) is 5.31. The first-order valence-corrected chi connectivity index (χ1v) is 6.13. The summed E-state index contributed by atoms with van der Waals surface area (Å²) in [5, 5.41) is 22.9. The highest BCUT2D eigenvalue weighted by Gasteiger charge is 2.14. The maximum atomic E-state index is 10.8. The molecule has 0 aliphatic carbocycles. The van der Waals surface area contributed by atoms with Gasteiger partial charge in [-0.1, -0.05) is 0 Å². The zero-order valence-electron chi connectivity index (χ0n) is 9.40. The van der Waals surface area contributed by atoms with E-state index in [4.69, 9.17) is 0 Å². The fourth-order valence-electron chi connectivity index (χ4n) is 1.98. The summed E-state index contributed by atoms with van der Waals surface area (Å²) >= 11 is 1.46. The summed E-state index contributed by atoms with van der Waals surface area (Å²) in [6, 6.07) is 9.13. The van der Waals surface area contributed by atoms with Crippen LogP contribution >= 0.6 is 11.3 Å². The molecule has 0 bridgehead atoms. The summed E-state index contributed by atoms with van der Waals surface area (Å²) in [4.78, 5) is 20.6. The second-order valence-electron chi connectivity index (χ2n) is 3.98. The molecule has 0 spiro atoms. The first kappa shape index (κ1) is 11.5. The number of nitro benzene ring substituents is 2. The van der Waals surface area contributed by atoms with Gasteiger partial charge in [-0.2, -0.15) is 0 Å². The van der Waals surface area contributed by atoms with Crippen molar-refractivity contribution < 1.29 is 9.85 Å². The molecule has 2 aromatic carbocycles. The van der Waals surface area contributed by atoms with E-state index >= 15 is 0 Å². The number of rotatable bonds is 2. The smallest absolute Gasteiger partial charge is 0.258 e. The van der Waals surface area contributed by atoms with Gasteiger partial charge in [0.2, 0.25) is 0 Å². The molecule has 0 unspecified atom stereocenters. The van der Waals surface area contributed by atoms with Gasteiger partial charge in [-0.05, 0) is 12.1 Å². The molecular weight excluding hydrogens is 268 g/mol. The molecule has 1 aromatic heterocycles. The molecule has 1 heterocycles. The minimum atomic E-state index is -0.472. The zero-order valence-corrected chi connectivity index (χ0v) is 10.2. The average Bonchev–Trinajstić information content (AvgIpc) is 2.75. The third-order valence-electron chi connectivity index (χ3n) is 2.86. The monoisotopic (exact) mass is 274 g/mol. The van der Waals surface area contributed by atoms with Gasteiger partial charge in [0.1, 0.15) is 0 Å². The van der Waals surface area contributed by atoms with Crippen LogP contribution < -0.4 is 0 Å². The van der Waals surface area contributed by atoms with Gasteiger partial charge in [-0.15, -0.1) is 11.3 Å². The van der Waals surface area contributed by atoms with E-state index in [1.165, 1.54) is 35.6 Å². The van der Waals surface area contributed by atoms with E-state index in [2.05, 4.69) is 0 Å². The Morgan fingerprint density at radius 3 is 1.58 bits per heavy atom. The van der Waals surface area contributed by atoms with E-state index < -0.39 is 9.85 Å². The molecule has 3 rings (SSSR count). The molecule has 0 radical (unpaired) electrons. The number of nitrogens with zero attached hydrogens (tertiary/aromatic N) is 2. The fraction of sp³-hybridized carbons (Fsp3) is 0. The molecule has 0 aliphatic rings. The molecule has 0 aliphatic heterocycles. The van der Waals surface area contributed by atoms with Crippen molar-refractivity contribution in [3.05, 3.63) is 56.6 Å². The van der Waals surface area contributed by atoms with Gasteiger partial charge < -0.3 is 0 Å². The van der Waals surface area contributed by atoms with E-state index in [0.29, 0.717) is 10.8 Å². The predicted molar refractivity (Wildman–Crippen MR) is 72.6 cm³/mol. The van der Waals surface area contributed by atoms with E-state index in [1.54, 1.807) is 12.1 Å². The lowest BCUT2D eigenvalue weighted by Crippen LogP contribution is -1.87. The Kier molecular flexibility index (Phi) is 2.42. The van der Waals surface area contributed by atoms with Crippen LogP contribution in [0.1, 0.15) is 0 Å². The van der Waals surface area contributed by atoms with E-state index in [9.17, 15) is 20.2 Å². The van der Waals surface area contributed by atoms with Crippen LogP contribution in [0.4, 0.5) is 11.4 Å². The van der Waals surface area contributed by atoms with Crippen LogP contribution in [0.3, 0.4) is 0 Å². The third kappa shape index (κ3) is 1.80. The lowest BCUT2D eigenvalue weighted by atomic mass is 10.1. The van der Waals surface area contributed by atoms with E-state index in [0.717, 1.165) is 9.40 Å². The lowest BCUT2D eigenvalue weighted by Gasteiger charge is -1.94. The second kappa shape index (κ2) is 3.99. The van der Waals surface area contributed by atoms with Crippen molar-refractivity contribution in [3.63, 3.8) is 0 Å². The normalized spacial score (nSPS) is 10.9. The number of benzene rings is 2. The van der Waals surface area contributed by atoms with Crippen molar-refractivity contribution >= 4 is 42.9 Å². The Labute approximate surface area is 110 Å². The van der Waals surface area contributed by atoms with E-state index in [1.807, 2.05) is 0 Å². The highest BCUT2D eigenvalue weighted by atomic mass is 32.1. The zero-order chi connectivity index (χ0) is 13.6. The minimum absolute atomic E-state index is 0.0151. The maximum absolute atomic E-state index is 10.8. The SMILES string of the molecule is O=[N+]([O-])c1ccc2sc3ccc([N+](=O)[O-])cc3c2c1. The van der Waals surface area contributed by atoms with Gasteiger partial charge in [0.15, 0.2) is 0 Å². The van der Waals surface area contributed by atoms with Crippen LogP contribution in [0.15, 0.2) is 36.4 Å². The number of nitro groups is 2. The molecule has 0 saturated carbocycles. The van der Waals surface area contributed by atoms with Crippen molar-refractivity contribution in [1.29, 1.82) is 0 Å². The fourth-order valence-corrected chi connectivity index (χ4v) is 3.05. The summed E-state index contributed by atoms with van der Waals surface area (Å²) in [6.45, 7) is 0. The number of fused-ring (bicyclic) bond motifs is 3. The molecule has 0 atom stereocenters. The van der Waals surface area contributed by atoms with Crippen molar-refractivity contribution in [2.75, 3.05) is 0 Å². The quantitative estimate of drug-likeness (QED) is 0.524. The average molecular weight is 274 g/mol. The Bertz CT molecular complexity index is 772. The Morgan fingerprint density at radius 1 is 0.789 bits per heavy atom. The Balaban J connectivity index is 2.37. The van der Waals surface area contributed by atoms with Gasteiger partial charge >= 0.3 is 0 Å². The standard InChI is InChI=1S/C12H6N2O4S/c15-13(16)7-1-3-11-9(5-7)10-6-8(14(17)18)2-4-12(10)19-11/h1-6H. The molecule has 0 fully saturated rings. The second-order valence-corrected chi connectivity index (χ2v) is 5.06. The summed E-state index contributed by atoms with van der Waals surface area (Å²) in [5.41, 5.74) is -0.0302.